The second-order valence-corrected chi connectivity index (χ2v) is 5.51. The second kappa shape index (κ2) is 7.04. The van der Waals surface area contributed by atoms with E-state index in [9.17, 15) is 9.90 Å². The number of nitrogens with one attached hydrogen (secondary N) is 1. The first-order chi connectivity index (χ1) is 10.1. The molecule has 0 heterocycles. The van der Waals surface area contributed by atoms with Crippen LogP contribution in [0.25, 0.3) is 0 Å². The van der Waals surface area contributed by atoms with Crippen LogP contribution in [0.1, 0.15) is 29.3 Å². The van der Waals surface area contributed by atoms with E-state index in [0.717, 1.165) is 17.7 Å². The monoisotopic (exact) mass is 303 g/mol. The Morgan fingerprint density at radius 2 is 1.90 bits per heavy atom. The van der Waals surface area contributed by atoms with Gasteiger partial charge in [-0.15, -0.1) is 0 Å². The lowest BCUT2D eigenvalue weighted by Gasteiger charge is -2.08. The molecular weight excluding hydrogens is 286 g/mol. The molecule has 0 radical (unpaired) electrons. The molecule has 0 aromatic heterocycles. The summed E-state index contributed by atoms with van der Waals surface area (Å²) in [6.45, 7) is 2.15. The van der Waals surface area contributed by atoms with Gasteiger partial charge in [-0.3, -0.25) is 0 Å². The molecular formula is C16H17NO3S. The Morgan fingerprint density at radius 1 is 1.19 bits per heavy atom. The predicted octanol–water partition coefficient (Wildman–Crippen LogP) is 4.16. The van der Waals surface area contributed by atoms with Crippen LogP contribution in [0, 0.1) is 0 Å². The zero-order valence-electron chi connectivity index (χ0n) is 11.7. The third-order valence-corrected chi connectivity index (χ3v) is 3.82. The van der Waals surface area contributed by atoms with Crippen molar-refractivity contribution < 1.29 is 15.0 Å². The second-order valence-electron chi connectivity index (χ2n) is 4.64. The first-order valence-electron chi connectivity index (χ1n) is 6.68. The third kappa shape index (κ3) is 4.16. The highest BCUT2D eigenvalue weighted by Gasteiger charge is 2.10. The van der Waals surface area contributed by atoms with E-state index in [2.05, 4.69) is 23.8 Å². The summed E-state index contributed by atoms with van der Waals surface area (Å²) < 4.78 is 3.08. The average Bonchev–Trinajstić information content (AvgIpc) is 2.48. The molecule has 2 rings (SSSR count). The number of carboxylic acid groups (broad SMARTS) is 1. The summed E-state index contributed by atoms with van der Waals surface area (Å²) in [7, 11) is 0. The van der Waals surface area contributed by atoms with Gasteiger partial charge in [-0.2, -0.15) is 0 Å². The molecule has 0 spiro atoms. The fourth-order valence-electron chi connectivity index (χ4n) is 1.90. The Morgan fingerprint density at radius 3 is 2.52 bits per heavy atom. The molecule has 0 aliphatic rings. The van der Waals surface area contributed by atoms with Gasteiger partial charge in [-0.1, -0.05) is 25.5 Å². The number of hydrogen-bond donors (Lipinski definition) is 3. The molecule has 3 N–H and O–H groups in total. The highest BCUT2D eigenvalue weighted by Crippen LogP contribution is 2.26. The van der Waals surface area contributed by atoms with E-state index in [-0.39, 0.29) is 11.3 Å². The fourth-order valence-corrected chi connectivity index (χ4v) is 2.54. The van der Waals surface area contributed by atoms with Crippen molar-refractivity contribution in [1.82, 2.24) is 0 Å². The van der Waals surface area contributed by atoms with Crippen molar-refractivity contribution in [3.63, 3.8) is 0 Å². The summed E-state index contributed by atoms with van der Waals surface area (Å²) in [5, 5.41) is 18.4. The van der Waals surface area contributed by atoms with Crippen LogP contribution in [0.4, 0.5) is 5.69 Å². The maximum atomic E-state index is 11.0. The number of aromatic hydroxyl groups is 1. The highest BCUT2D eigenvalue weighted by atomic mass is 32.2. The minimum Gasteiger partial charge on any atom is -0.507 e. The van der Waals surface area contributed by atoms with Gasteiger partial charge in [0.25, 0.3) is 0 Å². The number of phenols is 1. The number of anilines is 1. The summed E-state index contributed by atoms with van der Waals surface area (Å²) >= 11 is 1.40. The Kier molecular flexibility index (Phi) is 5.11. The fraction of sp³-hybridized carbons (Fsp3) is 0.188. The molecule has 110 valence electrons. The van der Waals surface area contributed by atoms with Crippen LogP contribution in [-0.4, -0.2) is 16.2 Å². The van der Waals surface area contributed by atoms with Crippen molar-refractivity contribution >= 4 is 23.6 Å². The van der Waals surface area contributed by atoms with E-state index >= 15 is 0 Å². The Labute approximate surface area is 128 Å². The van der Waals surface area contributed by atoms with Crippen LogP contribution in [0.5, 0.6) is 5.75 Å². The molecule has 0 aliphatic carbocycles. The Hall–Kier alpha value is -2.14. The minimum atomic E-state index is -1.15. The maximum absolute atomic E-state index is 11.0. The van der Waals surface area contributed by atoms with Crippen LogP contribution < -0.4 is 4.72 Å². The predicted molar refractivity (Wildman–Crippen MR) is 85.0 cm³/mol. The molecule has 4 nitrogen and oxygen atoms in total. The molecule has 0 saturated carbocycles. The van der Waals surface area contributed by atoms with Crippen LogP contribution >= 0.6 is 11.9 Å². The molecule has 0 saturated heterocycles. The number of aryl methyl sites for hydroxylation is 1. The maximum Gasteiger partial charge on any atom is 0.339 e. The normalized spacial score (nSPS) is 10.3. The SMILES string of the molecule is CCCc1ccc(SNc2ccc(O)c(C(=O)O)c2)cc1. The molecule has 0 aliphatic heterocycles. The van der Waals surface area contributed by atoms with Gasteiger partial charge in [-0.25, -0.2) is 4.79 Å². The zero-order chi connectivity index (χ0) is 15.2. The lowest BCUT2D eigenvalue weighted by Crippen LogP contribution is -1.98. The third-order valence-electron chi connectivity index (χ3n) is 2.98. The van der Waals surface area contributed by atoms with E-state index in [1.807, 2.05) is 12.1 Å². The van der Waals surface area contributed by atoms with Crippen molar-refractivity contribution in [1.29, 1.82) is 0 Å². The first-order valence-corrected chi connectivity index (χ1v) is 7.50. The van der Waals surface area contributed by atoms with E-state index in [1.165, 1.54) is 29.6 Å². The van der Waals surface area contributed by atoms with E-state index in [0.29, 0.717) is 5.69 Å². The van der Waals surface area contributed by atoms with Gasteiger partial charge in [0.2, 0.25) is 0 Å². The molecule has 0 atom stereocenters. The molecule has 5 heteroatoms. The van der Waals surface area contributed by atoms with E-state index in [1.54, 1.807) is 6.07 Å². The smallest absolute Gasteiger partial charge is 0.339 e. The van der Waals surface area contributed by atoms with Crippen LogP contribution in [0.3, 0.4) is 0 Å². The minimum absolute atomic E-state index is 0.112. The number of rotatable bonds is 6. The number of hydrogen-bond acceptors (Lipinski definition) is 4. The number of carboxylic acids is 1. The summed E-state index contributed by atoms with van der Waals surface area (Å²) in [6.07, 6.45) is 2.19. The van der Waals surface area contributed by atoms with Gasteiger partial charge in [0.1, 0.15) is 11.3 Å². The van der Waals surface area contributed by atoms with E-state index in [4.69, 9.17) is 5.11 Å². The molecule has 2 aromatic carbocycles. The van der Waals surface area contributed by atoms with Gasteiger partial charge in [0, 0.05) is 10.6 Å². The molecule has 21 heavy (non-hydrogen) atoms. The van der Waals surface area contributed by atoms with E-state index < -0.39 is 5.97 Å². The van der Waals surface area contributed by atoms with Crippen LogP contribution in [0.15, 0.2) is 47.4 Å². The average molecular weight is 303 g/mol. The van der Waals surface area contributed by atoms with Crippen molar-refractivity contribution in [2.24, 2.45) is 0 Å². The highest BCUT2D eigenvalue weighted by molar-refractivity contribution is 8.00. The first kappa shape index (κ1) is 15.3. The van der Waals surface area contributed by atoms with Gasteiger partial charge in [0.05, 0.1) is 0 Å². The molecule has 0 fully saturated rings. The summed E-state index contributed by atoms with van der Waals surface area (Å²) in [5.74, 6) is -1.38. The standard InChI is InChI=1S/C16H17NO3S/c1-2-3-11-4-7-13(8-5-11)21-17-12-6-9-15(18)14(10-12)16(19)20/h4-10,17-18H,2-3H2,1H3,(H,19,20). The quantitative estimate of drug-likeness (QED) is 0.552. The van der Waals surface area contributed by atoms with Gasteiger partial charge < -0.3 is 14.9 Å². The topological polar surface area (TPSA) is 69.6 Å². The lowest BCUT2D eigenvalue weighted by molar-refractivity contribution is 0.0694. The van der Waals surface area contributed by atoms with Crippen molar-refractivity contribution in [3.05, 3.63) is 53.6 Å². The van der Waals surface area contributed by atoms with Crippen molar-refractivity contribution in [2.45, 2.75) is 24.7 Å². The Bertz CT molecular complexity index is 626. The summed E-state index contributed by atoms with van der Waals surface area (Å²) in [4.78, 5) is 12.0. The van der Waals surface area contributed by atoms with Gasteiger partial charge in [-0.05, 0) is 54.3 Å². The molecule has 0 amide bonds. The largest absolute Gasteiger partial charge is 0.507 e. The van der Waals surface area contributed by atoms with Crippen molar-refractivity contribution in [2.75, 3.05) is 4.72 Å². The lowest BCUT2D eigenvalue weighted by atomic mass is 10.1. The number of aromatic carboxylic acids is 1. The van der Waals surface area contributed by atoms with Crippen molar-refractivity contribution in [3.8, 4) is 5.75 Å². The molecule has 0 bridgehead atoms. The van der Waals surface area contributed by atoms with Crippen LogP contribution in [-0.2, 0) is 6.42 Å². The van der Waals surface area contributed by atoms with Gasteiger partial charge >= 0.3 is 5.97 Å². The zero-order valence-corrected chi connectivity index (χ0v) is 12.5. The number of benzene rings is 2. The molecule has 2 aromatic rings. The summed E-state index contributed by atoms with van der Waals surface area (Å²) in [5.41, 5.74) is 1.83. The van der Waals surface area contributed by atoms with Crippen LogP contribution in [0.2, 0.25) is 0 Å². The molecule has 0 unspecified atom stereocenters. The Balaban J connectivity index is 2.02. The summed E-state index contributed by atoms with van der Waals surface area (Å²) in [6, 6.07) is 12.7. The van der Waals surface area contributed by atoms with Gasteiger partial charge in [0.15, 0.2) is 0 Å². The number of carbonyl (C=O) groups is 1.